The third-order valence-electron chi connectivity index (χ3n) is 2.44. The van der Waals surface area contributed by atoms with Gasteiger partial charge in [-0.2, -0.15) is 0 Å². The zero-order chi connectivity index (χ0) is 9.41. The number of ether oxygens (including phenoxy) is 1. The molecule has 1 fully saturated rings. The summed E-state index contributed by atoms with van der Waals surface area (Å²) in [5.41, 5.74) is 0.192. The minimum Gasteiger partial charge on any atom is -0.361 e. The Hall–Kier alpha value is -0.0800. The molecule has 1 aliphatic heterocycles. The van der Waals surface area contributed by atoms with Gasteiger partial charge in [0.1, 0.15) is 5.72 Å². The van der Waals surface area contributed by atoms with Gasteiger partial charge in [0, 0.05) is 6.04 Å². The van der Waals surface area contributed by atoms with Crippen molar-refractivity contribution in [1.29, 1.82) is 0 Å². The Morgan fingerprint density at radius 2 is 1.92 bits per heavy atom. The standard InChI is InChI=1S/C10H21NO/c1-9(2,3)8-6-7-12-10(4,5)11-8/h8,11H,6-7H2,1-5H3. The lowest BCUT2D eigenvalue weighted by atomic mass is 9.83. The maximum Gasteiger partial charge on any atom is 0.113 e. The molecule has 1 heterocycles. The van der Waals surface area contributed by atoms with Gasteiger partial charge in [-0.3, -0.25) is 5.32 Å². The van der Waals surface area contributed by atoms with Crippen LogP contribution in [0.15, 0.2) is 0 Å². The summed E-state index contributed by atoms with van der Waals surface area (Å²) in [5.74, 6) is 0. The van der Waals surface area contributed by atoms with Gasteiger partial charge in [0.2, 0.25) is 0 Å². The number of nitrogens with one attached hydrogen (secondary N) is 1. The maximum absolute atomic E-state index is 5.58. The lowest BCUT2D eigenvalue weighted by molar-refractivity contribution is -0.0992. The molecule has 0 aromatic carbocycles. The monoisotopic (exact) mass is 171 g/mol. The van der Waals surface area contributed by atoms with E-state index in [-0.39, 0.29) is 5.72 Å². The number of hydrogen-bond acceptors (Lipinski definition) is 2. The van der Waals surface area contributed by atoms with Crippen LogP contribution in [0.3, 0.4) is 0 Å². The van der Waals surface area contributed by atoms with Crippen molar-refractivity contribution in [3.05, 3.63) is 0 Å². The molecular weight excluding hydrogens is 150 g/mol. The van der Waals surface area contributed by atoms with E-state index in [9.17, 15) is 0 Å². The van der Waals surface area contributed by atoms with E-state index in [0.29, 0.717) is 11.5 Å². The molecule has 12 heavy (non-hydrogen) atoms. The Balaban J connectivity index is 2.58. The van der Waals surface area contributed by atoms with Crippen molar-refractivity contribution in [1.82, 2.24) is 5.32 Å². The highest BCUT2D eigenvalue weighted by Gasteiger charge is 2.34. The highest BCUT2D eigenvalue weighted by atomic mass is 16.5. The second-order valence-electron chi connectivity index (χ2n) is 5.21. The van der Waals surface area contributed by atoms with E-state index >= 15 is 0 Å². The second-order valence-corrected chi connectivity index (χ2v) is 5.21. The summed E-state index contributed by atoms with van der Waals surface area (Å²) in [4.78, 5) is 0. The fourth-order valence-electron chi connectivity index (χ4n) is 1.61. The van der Waals surface area contributed by atoms with Gasteiger partial charge < -0.3 is 4.74 Å². The second kappa shape index (κ2) is 3.00. The summed E-state index contributed by atoms with van der Waals surface area (Å²) in [7, 11) is 0. The van der Waals surface area contributed by atoms with Crippen molar-refractivity contribution in [2.45, 2.75) is 52.8 Å². The van der Waals surface area contributed by atoms with Crippen molar-refractivity contribution in [3.8, 4) is 0 Å². The van der Waals surface area contributed by atoms with E-state index in [1.807, 2.05) is 0 Å². The Labute approximate surface area is 75.7 Å². The molecule has 0 aliphatic carbocycles. The highest BCUT2D eigenvalue weighted by Crippen LogP contribution is 2.27. The van der Waals surface area contributed by atoms with Crippen molar-refractivity contribution >= 4 is 0 Å². The van der Waals surface area contributed by atoms with Crippen LogP contribution in [0.4, 0.5) is 0 Å². The van der Waals surface area contributed by atoms with Crippen molar-refractivity contribution < 1.29 is 4.74 Å². The van der Waals surface area contributed by atoms with E-state index in [1.54, 1.807) is 0 Å². The lowest BCUT2D eigenvalue weighted by Crippen LogP contribution is -2.56. The molecule has 1 aliphatic rings. The first-order valence-electron chi connectivity index (χ1n) is 4.73. The molecule has 1 saturated heterocycles. The van der Waals surface area contributed by atoms with Crippen LogP contribution in [0.2, 0.25) is 0 Å². The van der Waals surface area contributed by atoms with E-state index < -0.39 is 0 Å². The Morgan fingerprint density at radius 1 is 1.33 bits per heavy atom. The summed E-state index contributed by atoms with van der Waals surface area (Å²) < 4.78 is 5.58. The summed E-state index contributed by atoms with van der Waals surface area (Å²) in [6.07, 6.45) is 1.12. The molecular formula is C10H21NO. The van der Waals surface area contributed by atoms with Crippen LogP contribution in [0.1, 0.15) is 41.0 Å². The molecule has 1 N–H and O–H groups in total. The molecule has 0 aromatic rings. The van der Waals surface area contributed by atoms with E-state index in [0.717, 1.165) is 13.0 Å². The molecule has 0 radical (unpaired) electrons. The number of rotatable bonds is 0. The predicted molar refractivity (Wildman–Crippen MR) is 51.0 cm³/mol. The average Bonchev–Trinajstić information content (AvgIpc) is 1.83. The van der Waals surface area contributed by atoms with Gasteiger partial charge in [-0.25, -0.2) is 0 Å². The SMILES string of the molecule is CC1(C)NC(C(C)(C)C)CCO1. The fourth-order valence-corrected chi connectivity index (χ4v) is 1.61. The van der Waals surface area contributed by atoms with Gasteiger partial charge in [0.25, 0.3) is 0 Å². The van der Waals surface area contributed by atoms with Crippen LogP contribution in [0.25, 0.3) is 0 Å². The Morgan fingerprint density at radius 3 is 2.25 bits per heavy atom. The molecule has 0 amide bonds. The van der Waals surface area contributed by atoms with Crippen LogP contribution in [0, 0.1) is 5.41 Å². The van der Waals surface area contributed by atoms with Gasteiger partial charge in [-0.05, 0) is 25.7 Å². The molecule has 0 bridgehead atoms. The van der Waals surface area contributed by atoms with Crippen molar-refractivity contribution in [2.24, 2.45) is 5.41 Å². The molecule has 2 heteroatoms. The smallest absolute Gasteiger partial charge is 0.113 e. The molecule has 0 aromatic heterocycles. The molecule has 2 nitrogen and oxygen atoms in total. The molecule has 0 spiro atoms. The van der Waals surface area contributed by atoms with Crippen LogP contribution in [-0.2, 0) is 4.74 Å². The third kappa shape index (κ3) is 2.46. The summed E-state index contributed by atoms with van der Waals surface area (Å²) in [6, 6.07) is 0.571. The van der Waals surface area contributed by atoms with Gasteiger partial charge in [-0.1, -0.05) is 20.8 Å². The zero-order valence-corrected chi connectivity index (χ0v) is 8.90. The van der Waals surface area contributed by atoms with Gasteiger partial charge >= 0.3 is 0 Å². The summed E-state index contributed by atoms with van der Waals surface area (Å²) in [6.45, 7) is 11.9. The third-order valence-corrected chi connectivity index (χ3v) is 2.44. The molecule has 0 saturated carbocycles. The van der Waals surface area contributed by atoms with Crippen LogP contribution in [0.5, 0.6) is 0 Å². The Bertz CT molecular complexity index is 154. The predicted octanol–water partition coefficient (Wildman–Crippen LogP) is 2.15. The van der Waals surface area contributed by atoms with Gasteiger partial charge in [0.05, 0.1) is 6.61 Å². The van der Waals surface area contributed by atoms with E-state index in [1.165, 1.54) is 0 Å². The van der Waals surface area contributed by atoms with Crippen molar-refractivity contribution in [3.63, 3.8) is 0 Å². The average molecular weight is 171 g/mol. The fraction of sp³-hybridized carbons (Fsp3) is 1.00. The molecule has 1 unspecified atom stereocenters. The minimum atomic E-state index is -0.143. The minimum absolute atomic E-state index is 0.143. The molecule has 72 valence electrons. The highest BCUT2D eigenvalue weighted by molar-refractivity contribution is 4.87. The maximum atomic E-state index is 5.58. The normalized spacial score (nSPS) is 30.2. The molecule has 1 rings (SSSR count). The lowest BCUT2D eigenvalue weighted by Gasteiger charge is -2.43. The van der Waals surface area contributed by atoms with Crippen LogP contribution < -0.4 is 5.32 Å². The Kier molecular flexibility index (Phi) is 2.50. The quantitative estimate of drug-likeness (QED) is 0.603. The summed E-state index contributed by atoms with van der Waals surface area (Å²) in [5, 5.41) is 3.51. The van der Waals surface area contributed by atoms with Crippen LogP contribution in [-0.4, -0.2) is 18.4 Å². The zero-order valence-electron chi connectivity index (χ0n) is 8.90. The van der Waals surface area contributed by atoms with Crippen LogP contribution >= 0.6 is 0 Å². The summed E-state index contributed by atoms with van der Waals surface area (Å²) >= 11 is 0. The first-order valence-corrected chi connectivity index (χ1v) is 4.73. The first-order chi connectivity index (χ1) is 5.31. The van der Waals surface area contributed by atoms with E-state index in [4.69, 9.17) is 4.74 Å². The first kappa shape index (κ1) is 10.0. The number of hydrogen-bond donors (Lipinski definition) is 1. The van der Waals surface area contributed by atoms with Crippen molar-refractivity contribution in [2.75, 3.05) is 6.61 Å². The largest absolute Gasteiger partial charge is 0.361 e. The van der Waals surface area contributed by atoms with Gasteiger partial charge in [-0.15, -0.1) is 0 Å². The molecule has 1 atom stereocenters. The van der Waals surface area contributed by atoms with E-state index in [2.05, 4.69) is 39.9 Å². The topological polar surface area (TPSA) is 21.3 Å². The van der Waals surface area contributed by atoms with Gasteiger partial charge in [0.15, 0.2) is 0 Å².